The van der Waals surface area contributed by atoms with E-state index < -0.39 is 0 Å². The van der Waals surface area contributed by atoms with Crippen molar-refractivity contribution >= 4 is 39.2 Å². The number of hydrogen-bond donors (Lipinski definition) is 0. The molecular weight excluding hydrogens is 414 g/mol. The van der Waals surface area contributed by atoms with E-state index in [1.807, 2.05) is 35.2 Å². The highest BCUT2D eigenvalue weighted by Crippen LogP contribution is 2.44. The summed E-state index contributed by atoms with van der Waals surface area (Å²) in [6.45, 7) is 2.95. The number of fused-ring (bicyclic) bond motifs is 1. The van der Waals surface area contributed by atoms with Crippen LogP contribution in [-0.4, -0.2) is 38.7 Å². The van der Waals surface area contributed by atoms with Gasteiger partial charge in [0.05, 0.1) is 16.8 Å². The second-order valence-corrected chi connectivity index (χ2v) is 10.0. The molecule has 1 amide bonds. The van der Waals surface area contributed by atoms with E-state index in [2.05, 4.69) is 12.3 Å². The monoisotopic (exact) mass is 439 g/mol. The van der Waals surface area contributed by atoms with Crippen LogP contribution in [-0.2, 0) is 4.79 Å². The number of carbonyl (C=O) groups is 1. The molecule has 0 radical (unpaired) electrons. The molecule has 1 aliphatic heterocycles. The molecule has 30 heavy (non-hydrogen) atoms. The van der Waals surface area contributed by atoms with E-state index in [1.165, 1.54) is 18.2 Å². The van der Waals surface area contributed by atoms with Gasteiger partial charge in [-0.05, 0) is 68.0 Å². The van der Waals surface area contributed by atoms with Gasteiger partial charge in [-0.15, -0.1) is 11.3 Å². The van der Waals surface area contributed by atoms with Crippen LogP contribution in [0.5, 0.6) is 0 Å². The number of likely N-dealkylation sites (tertiary alicyclic amines) is 1. The maximum Gasteiger partial charge on any atom is 0.267 e. The molecule has 2 aromatic heterocycles. The molecule has 3 aromatic rings. The molecule has 3 heterocycles. The van der Waals surface area contributed by atoms with Gasteiger partial charge in [-0.1, -0.05) is 30.0 Å². The molecule has 5 nitrogen and oxygen atoms in total. The van der Waals surface area contributed by atoms with E-state index in [0.29, 0.717) is 16.8 Å². The summed E-state index contributed by atoms with van der Waals surface area (Å²) in [5, 5.41) is 3.45. The van der Waals surface area contributed by atoms with Crippen LogP contribution in [0.15, 0.2) is 45.7 Å². The molecule has 1 aliphatic carbocycles. The van der Waals surface area contributed by atoms with Crippen molar-refractivity contribution in [1.29, 1.82) is 0 Å². The zero-order valence-electron chi connectivity index (χ0n) is 17.0. The molecule has 1 saturated carbocycles. The van der Waals surface area contributed by atoms with Crippen molar-refractivity contribution in [1.82, 2.24) is 14.5 Å². The molecule has 0 N–H and O–H groups in total. The molecule has 7 heteroatoms. The van der Waals surface area contributed by atoms with Crippen LogP contribution in [0.25, 0.3) is 15.9 Å². The topological polar surface area (TPSA) is 55.2 Å². The zero-order valence-corrected chi connectivity index (χ0v) is 18.7. The first-order chi connectivity index (χ1) is 14.6. The Morgan fingerprint density at radius 2 is 2.00 bits per heavy atom. The highest BCUT2D eigenvalue weighted by atomic mass is 32.2. The quantitative estimate of drug-likeness (QED) is 0.423. The van der Waals surface area contributed by atoms with Gasteiger partial charge >= 0.3 is 0 Å². The second kappa shape index (κ2) is 8.19. The van der Waals surface area contributed by atoms with Crippen molar-refractivity contribution in [3.63, 3.8) is 0 Å². The number of amides is 1. The Hall–Kier alpha value is -2.12. The minimum Gasteiger partial charge on any atom is -0.339 e. The van der Waals surface area contributed by atoms with E-state index in [0.717, 1.165) is 53.7 Å². The van der Waals surface area contributed by atoms with Gasteiger partial charge in [0.2, 0.25) is 5.91 Å². The molecule has 2 fully saturated rings. The van der Waals surface area contributed by atoms with Crippen molar-refractivity contribution < 1.29 is 4.79 Å². The molecule has 1 unspecified atom stereocenters. The third-order valence-corrected chi connectivity index (χ3v) is 7.90. The van der Waals surface area contributed by atoms with E-state index in [1.54, 1.807) is 15.9 Å². The van der Waals surface area contributed by atoms with Gasteiger partial charge in [-0.25, -0.2) is 4.98 Å². The number of hydrogen-bond acceptors (Lipinski definition) is 5. The van der Waals surface area contributed by atoms with Crippen molar-refractivity contribution in [3.8, 4) is 5.69 Å². The number of piperidine rings is 1. The first kappa shape index (κ1) is 19.8. The largest absolute Gasteiger partial charge is 0.339 e. The lowest BCUT2D eigenvalue weighted by Gasteiger charge is -2.33. The summed E-state index contributed by atoms with van der Waals surface area (Å²) in [4.78, 5) is 34.1. The van der Waals surface area contributed by atoms with Crippen molar-refractivity contribution in [2.24, 2.45) is 0 Å². The van der Waals surface area contributed by atoms with Gasteiger partial charge in [0.15, 0.2) is 5.16 Å². The maximum absolute atomic E-state index is 13.6. The Morgan fingerprint density at radius 1 is 1.20 bits per heavy atom. The normalized spacial score (nSPS) is 19.4. The van der Waals surface area contributed by atoms with Gasteiger partial charge in [-0.3, -0.25) is 14.2 Å². The molecule has 1 saturated heterocycles. The number of benzene rings is 1. The van der Waals surface area contributed by atoms with E-state index in [9.17, 15) is 9.59 Å². The average Bonchev–Trinajstić information content (AvgIpc) is 3.52. The molecule has 156 valence electrons. The lowest BCUT2D eigenvalue weighted by molar-refractivity contribution is -0.131. The number of thiophene rings is 1. The predicted octanol–water partition coefficient (Wildman–Crippen LogP) is 4.82. The lowest BCUT2D eigenvalue weighted by Crippen LogP contribution is -2.43. The van der Waals surface area contributed by atoms with Crippen molar-refractivity contribution in [3.05, 3.63) is 51.6 Å². The van der Waals surface area contributed by atoms with Crippen LogP contribution in [0.2, 0.25) is 0 Å². The van der Waals surface area contributed by atoms with Crippen LogP contribution in [0.1, 0.15) is 50.5 Å². The Kier molecular flexibility index (Phi) is 5.41. The summed E-state index contributed by atoms with van der Waals surface area (Å²) >= 11 is 2.92. The van der Waals surface area contributed by atoms with Gasteiger partial charge in [0.1, 0.15) is 4.83 Å². The first-order valence-electron chi connectivity index (χ1n) is 10.7. The second-order valence-electron chi connectivity index (χ2n) is 8.24. The first-order valence-corrected chi connectivity index (χ1v) is 12.5. The molecule has 1 atom stereocenters. The number of thioether (sulfide) groups is 1. The Balaban J connectivity index is 1.52. The zero-order chi connectivity index (χ0) is 20.7. The average molecular weight is 440 g/mol. The Bertz CT molecular complexity index is 1130. The molecule has 2 aliphatic rings. The van der Waals surface area contributed by atoms with Gasteiger partial charge in [-0.2, -0.15) is 0 Å². The van der Waals surface area contributed by atoms with Crippen molar-refractivity contribution in [2.45, 2.75) is 56.1 Å². The Morgan fingerprint density at radius 3 is 2.73 bits per heavy atom. The third-order valence-electron chi connectivity index (χ3n) is 6.09. The van der Waals surface area contributed by atoms with E-state index in [4.69, 9.17) is 4.98 Å². The molecule has 5 rings (SSSR count). The molecule has 0 bridgehead atoms. The number of carbonyl (C=O) groups excluding carboxylic acids is 1. The molecule has 1 aromatic carbocycles. The van der Waals surface area contributed by atoms with E-state index >= 15 is 0 Å². The summed E-state index contributed by atoms with van der Waals surface area (Å²) in [6.07, 6.45) is 5.62. The maximum atomic E-state index is 13.6. The lowest BCUT2D eigenvalue weighted by atomic mass is 10.0. The summed E-state index contributed by atoms with van der Waals surface area (Å²) in [7, 11) is 0. The van der Waals surface area contributed by atoms with Crippen LogP contribution in [0.3, 0.4) is 0 Å². The summed E-state index contributed by atoms with van der Waals surface area (Å²) in [5.74, 6) is 0.930. The highest BCUT2D eigenvalue weighted by molar-refractivity contribution is 7.99. The fourth-order valence-corrected chi connectivity index (χ4v) is 6.23. The predicted molar refractivity (Wildman–Crippen MR) is 123 cm³/mol. The van der Waals surface area contributed by atoms with Gasteiger partial charge in [0.25, 0.3) is 5.56 Å². The smallest absolute Gasteiger partial charge is 0.267 e. The third kappa shape index (κ3) is 3.69. The SMILES string of the molecule is CC1CCCCN1C(=O)CSc1nc2scc(C3CC3)c2c(=O)n1-c1ccccc1. The van der Waals surface area contributed by atoms with Crippen molar-refractivity contribution in [2.75, 3.05) is 12.3 Å². The number of para-hydroxylation sites is 1. The number of nitrogens with zero attached hydrogens (tertiary/aromatic N) is 3. The molecule has 0 spiro atoms. The van der Waals surface area contributed by atoms with Gasteiger partial charge in [0, 0.05) is 12.6 Å². The van der Waals surface area contributed by atoms with E-state index in [-0.39, 0.29) is 17.5 Å². The highest BCUT2D eigenvalue weighted by Gasteiger charge is 2.29. The minimum atomic E-state index is -0.0179. The number of rotatable bonds is 5. The standard InChI is InChI=1S/C23H25N3O2S2/c1-15-7-5-6-12-25(15)19(27)14-30-23-24-21-20(18(13-29-21)16-10-11-16)22(28)26(23)17-8-3-2-4-9-17/h2-4,8-9,13,15-16H,5-7,10-12,14H2,1H3. The summed E-state index contributed by atoms with van der Waals surface area (Å²) < 4.78 is 1.69. The minimum absolute atomic E-state index is 0.0179. The molecular formula is C23H25N3O2S2. The van der Waals surface area contributed by atoms with Crippen LogP contribution in [0.4, 0.5) is 0 Å². The van der Waals surface area contributed by atoms with Crippen LogP contribution < -0.4 is 5.56 Å². The van der Waals surface area contributed by atoms with Crippen LogP contribution >= 0.6 is 23.1 Å². The summed E-state index contributed by atoms with van der Waals surface area (Å²) in [6, 6.07) is 9.94. The fourth-order valence-electron chi connectivity index (χ4n) is 4.27. The van der Waals surface area contributed by atoms with Crippen LogP contribution in [0, 0.1) is 0 Å². The number of aromatic nitrogens is 2. The van der Waals surface area contributed by atoms with Gasteiger partial charge < -0.3 is 4.90 Å². The summed E-state index contributed by atoms with van der Waals surface area (Å²) in [5.41, 5.74) is 1.92. The fraction of sp³-hybridized carbons (Fsp3) is 0.435. The Labute approximate surface area is 184 Å².